The highest BCUT2D eigenvalue weighted by molar-refractivity contribution is 9.10. The van der Waals surface area contributed by atoms with Gasteiger partial charge in [-0.3, -0.25) is 4.98 Å². The molecule has 0 amide bonds. The first-order valence-corrected chi connectivity index (χ1v) is 7.37. The molecule has 1 heterocycles. The van der Waals surface area contributed by atoms with Crippen molar-refractivity contribution in [2.75, 3.05) is 7.05 Å². The molecule has 2 nitrogen and oxygen atoms in total. The van der Waals surface area contributed by atoms with Gasteiger partial charge in [-0.25, -0.2) is 0 Å². The van der Waals surface area contributed by atoms with E-state index in [4.69, 9.17) is 23.2 Å². The van der Waals surface area contributed by atoms with Crippen LogP contribution in [0.2, 0.25) is 10.0 Å². The lowest BCUT2D eigenvalue weighted by Crippen LogP contribution is -2.20. The number of nitrogens with zero attached hydrogens (tertiary/aromatic N) is 1. The van der Waals surface area contributed by atoms with Crippen molar-refractivity contribution in [3.8, 4) is 0 Å². The van der Waals surface area contributed by atoms with Crippen molar-refractivity contribution in [1.82, 2.24) is 10.3 Å². The first-order chi connectivity index (χ1) is 9.10. The van der Waals surface area contributed by atoms with Crippen LogP contribution >= 0.6 is 39.1 Å². The van der Waals surface area contributed by atoms with Crippen LogP contribution in [0.3, 0.4) is 0 Å². The lowest BCUT2D eigenvalue weighted by Gasteiger charge is -2.16. The maximum Gasteiger partial charge on any atom is 0.0577 e. The number of pyridine rings is 1. The molecule has 0 radical (unpaired) electrons. The third-order valence-electron chi connectivity index (χ3n) is 2.89. The second-order valence-electron chi connectivity index (χ2n) is 4.18. The normalized spacial score (nSPS) is 12.4. The van der Waals surface area contributed by atoms with Crippen molar-refractivity contribution in [3.63, 3.8) is 0 Å². The van der Waals surface area contributed by atoms with Crippen molar-refractivity contribution in [2.45, 2.75) is 12.5 Å². The van der Waals surface area contributed by atoms with Gasteiger partial charge < -0.3 is 5.32 Å². The maximum absolute atomic E-state index is 6.20. The molecule has 5 heteroatoms. The highest BCUT2D eigenvalue weighted by Gasteiger charge is 2.13. The van der Waals surface area contributed by atoms with Gasteiger partial charge >= 0.3 is 0 Å². The summed E-state index contributed by atoms with van der Waals surface area (Å²) in [6.07, 6.45) is 2.53. The molecule has 0 spiro atoms. The van der Waals surface area contributed by atoms with E-state index < -0.39 is 0 Å². The highest BCUT2D eigenvalue weighted by atomic mass is 79.9. The first kappa shape index (κ1) is 14.8. The van der Waals surface area contributed by atoms with Gasteiger partial charge in [-0.05, 0) is 65.3 Å². The van der Waals surface area contributed by atoms with Gasteiger partial charge in [-0.2, -0.15) is 0 Å². The van der Waals surface area contributed by atoms with Crippen LogP contribution in [0.5, 0.6) is 0 Å². The minimum Gasteiger partial charge on any atom is -0.311 e. The number of aromatic nitrogens is 1. The number of hydrogen-bond acceptors (Lipinski definition) is 2. The summed E-state index contributed by atoms with van der Waals surface area (Å²) in [5.74, 6) is 0. The Morgan fingerprint density at radius 1 is 1.26 bits per heavy atom. The summed E-state index contributed by atoms with van der Waals surface area (Å²) in [7, 11) is 1.91. The highest BCUT2D eigenvalue weighted by Crippen LogP contribution is 2.25. The molecular weight excluding hydrogens is 347 g/mol. The second kappa shape index (κ2) is 6.71. The van der Waals surface area contributed by atoms with Crippen LogP contribution in [0.4, 0.5) is 0 Å². The fourth-order valence-corrected chi connectivity index (χ4v) is 2.49. The summed E-state index contributed by atoms with van der Waals surface area (Å²) in [5, 5.41) is 4.67. The molecule has 0 saturated carbocycles. The summed E-state index contributed by atoms with van der Waals surface area (Å²) < 4.78 is 0.965. The van der Waals surface area contributed by atoms with Crippen molar-refractivity contribution >= 4 is 39.1 Å². The lowest BCUT2D eigenvalue weighted by molar-refractivity contribution is 0.576. The van der Waals surface area contributed by atoms with E-state index in [0.29, 0.717) is 5.02 Å². The summed E-state index contributed by atoms with van der Waals surface area (Å²) in [6.45, 7) is 0. The van der Waals surface area contributed by atoms with Gasteiger partial charge in [0.15, 0.2) is 0 Å². The van der Waals surface area contributed by atoms with Gasteiger partial charge in [-0.1, -0.05) is 23.2 Å². The fraction of sp³-hybridized carbons (Fsp3) is 0.214. The number of hydrogen-bond donors (Lipinski definition) is 1. The SMILES string of the molecule is CNC(Cc1cc(Cl)ccc1Cl)c1ccc(Br)cn1. The number of likely N-dealkylation sites (N-methyl/N-ethyl adjacent to an activating group) is 1. The van der Waals surface area contributed by atoms with E-state index in [9.17, 15) is 0 Å². The Balaban J connectivity index is 2.23. The summed E-state index contributed by atoms with van der Waals surface area (Å²) in [5.41, 5.74) is 1.99. The molecule has 100 valence electrons. The maximum atomic E-state index is 6.20. The third kappa shape index (κ3) is 3.93. The van der Waals surface area contributed by atoms with Gasteiger partial charge in [-0.15, -0.1) is 0 Å². The van der Waals surface area contributed by atoms with Crippen molar-refractivity contribution in [1.29, 1.82) is 0 Å². The minimum atomic E-state index is 0.101. The lowest BCUT2D eigenvalue weighted by atomic mass is 10.0. The van der Waals surface area contributed by atoms with E-state index in [0.717, 1.165) is 27.2 Å². The van der Waals surface area contributed by atoms with E-state index >= 15 is 0 Å². The van der Waals surface area contributed by atoms with Gasteiger partial charge in [0.2, 0.25) is 0 Å². The molecule has 2 rings (SSSR count). The van der Waals surface area contributed by atoms with E-state index in [-0.39, 0.29) is 6.04 Å². The summed E-state index contributed by atoms with van der Waals surface area (Å²) in [4.78, 5) is 4.41. The van der Waals surface area contributed by atoms with Crippen molar-refractivity contribution < 1.29 is 0 Å². The minimum absolute atomic E-state index is 0.101. The molecule has 1 unspecified atom stereocenters. The van der Waals surface area contributed by atoms with Crippen molar-refractivity contribution in [3.05, 3.63) is 62.3 Å². The Hall–Kier alpha value is -0.610. The summed E-state index contributed by atoms with van der Waals surface area (Å²) in [6, 6.07) is 9.58. The first-order valence-electron chi connectivity index (χ1n) is 5.83. The van der Waals surface area contributed by atoms with Gasteiger partial charge in [0.25, 0.3) is 0 Å². The molecule has 1 N–H and O–H groups in total. The molecule has 19 heavy (non-hydrogen) atoms. The Morgan fingerprint density at radius 3 is 2.68 bits per heavy atom. The Kier molecular flexibility index (Phi) is 5.22. The molecule has 2 aromatic rings. The second-order valence-corrected chi connectivity index (χ2v) is 5.94. The monoisotopic (exact) mass is 358 g/mol. The van der Waals surface area contributed by atoms with Crippen molar-refractivity contribution in [2.24, 2.45) is 0 Å². The van der Waals surface area contributed by atoms with Crippen LogP contribution in [0.15, 0.2) is 41.0 Å². The average molecular weight is 360 g/mol. The molecule has 0 saturated heterocycles. The standard InChI is InChI=1S/C14H13BrCl2N2/c1-18-14(13-5-2-10(15)8-19-13)7-9-6-11(16)3-4-12(9)17/h2-6,8,14,18H,7H2,1H3. The Labute approximate surface area is 131 Å². The zero-order valence-corrected chi connectivity index (χ0v) is 13.4. The molecule has 0 bridgehead atoms. The van der Waals surface area contributed by atoms with Crippen LogP contribution in [0.25, 0.3) is 0 Å². The van der Waals surface area contributed by atoms with Crippen LogP contribution < -0.4 is 5.32 Å². The summed E-state index contributed by atoms with van der Waals surface area (Å²) >= 11 is 15.6. The molecule has 0 aliphatic heterocycles. The average Bonchev–Trinajstić information content (AvgIpc) is 2.41. The molecule has 0 fully saturated rings. The quantitative estimate of drug-likeness (QED) is 0.859. The van der Waals surface area contributed by atoms with Gasteiger partial charge in [0, 0.05) is 20.7 Å². The molecule has 1 aromatic heterocycles. The van der Waals surface area contributed by atoms with Crippen LogP contribution in [-0.2, 0) is 6.42 Å². The molecular formula is C14H13BrCl2N2. The Bertz CT molecular complexity index is 558. The molecule has 1 aromatic carbocycles. The number of nitrogens with one attached hydrogen (secondary N) is 1. The van der Waals surface area contributed by atoms with Crippen LogP contribution in [0.1, 0.15) is 17.3 Å². The topological polar surface area (TPSA) is 24.9 Å². The van der Waals surface area contributed by atoms with Gasteiger partial charge in [0.05, 0.1) is 11.7 Å². The van der Waals surface area contributed by atoms with E-state index in [1.54, 1.807) is 12.3 Å². The van der Waals surface area contributed by atoms with Crippen LogP contribution in [0, 0.1) is 0 Å². The molecule has 0 aliphatic carbocycles. The smallest absolute Gasteiger partial charge is 0.0577 e. The van der Waals surface area contributed by atoms with E-state index in [2.05, 4.69) is 26.2 Å². The Morgan fingerprint density at radius 2 is 2.05 bits per heavy atom. The zero-order chi connectivity index (χ0) is 13.8. The molecule has 0 aliphatic rings. The number of rotatable bonds is 4. The third-order valence-corrected chi connectivity index (χ3v) is 3.96. The van der Waals surface area contributed by atoms with Gasteiger partial charge in [0.1, 0.15) is 0 Å². The van der Waals surface area contributed by atoms with E-state index in [1.165, 1.54) is 0 Å². The largest absolute Gasteiger partial charge is 0.311 e. The number of halogens is 3. The van der Waals surface area contributed by atoms with E-state index in [1.807, 2.05) is 31.3 Å². The predicted octanol–water partition coefficient (Wildman–Crippen LogP) is 4.65. The zero-order valence-electron chi connectivity index (χ0n) is 10.3. The molecule has 1 atom stereocenters. The fourth-order valence-electron chi connectivity index (χ4n) is 1.87. The predicted molar refractivity (Wildman–Crippen MR) is 83.9 cm³/mol. The number of benzene rings is 1. The van der Waals surface area contributed by atoms with Crippen LogP contribution in [-0.4, -0.2) is 12.0 Å².